The molecule has 4 aromatic rings. The molecule has 1 aliphatic rings. The maximum atomic E-state index is 4.89. The van der Waals surface area contributed by atoms with Crippen molar-refractivity contribution >= 4 is 0 Å². The van der Waals surface area contributed by atoms with Gasteiger partial charge in [0.2, 0.25) is 5.82 Å². The minimum atomic E-state index is 0.379. The van der Waals surface area contributed by atoms with Crippen molar-refractivity contribution in [3.63, 3.8) is 0 Å². The van der Waals surface area contributed by atoms with Crippen molar-refractivity contribution in [1.82, 2.24) is 40.0 Å². The SMILES string of the molecule is CCCCc1nc(C(C)CC)nn1Cc1ccc(-n2ccc(C3CCCCC3)c2-c2nn[nH]n2)cc1. The lowest BCUT2D eigenvalue weighted by Gasteiger charge is -2.22. The van der Waals surface area contributed by atoms with E-state index in [2.05, 4.69) is 87.2 Å². The second-order valence-corrected chi connectivity index (χ2v) is 10.2. The highest BCUT2D eigenvalue weighted by Crippen LogP contribution is 2.38. The first-order valence-electron chi connectivity index (χ1n) is 13.7. The summed E-state index contributed by atoms with van der Waals surface area (Å²) >= 11 is 0. The summed E-state index contributed by atoms with van der Waals surface area (Å²) in [5, 5.41) is 20.1. The molecule has 0 bridgehead atoms. The van der Waals surface area contributed by atoms with Gasteiger partial charge in [-0.05, 0) is 66.1 Å². The Morgan fingerprint density at radius 3 is 2.56 bits per heavy atom. The second kappa shape index (κ2) is 11.2. The number of aromatic amines is 1. The fourth-order valence-corrected chi connectivity index (χ4v) is 5.27. The van der Waals surface area contributed by atoms with E-state index in [4.69, 9.17) is 10.1 Å². The first-order valence-corrected chi connectivity index (χ1v) is 13.7. The molecule has 8 nitrogen and oxygen atoms in total. The molecule has 1 aliphatic carbocycles. The van der Waals surface area contributed by atoms with Crippen LogP contribution in [0.2, 0.25) is 0 Å². The summed E-state index contributed by atoms with van der Waals surface area (Å²) in [6.45, 7) is 7.36. The van der Waals surface area contributed by atoms with Gasteiger partial charge in [0.05, 0.1) is 12.2 Å². The minimum absolute atomic E-state index is 0.379. The van der Waals surface area contributed by atoms with Gasteiger partial charge in [-0.3, -0.25) is 0 Å². The van der Waals surface area contributed by atoms with E-state index in [0.717, 1.165) is 55.3 Å². The van der Waals surface area contributed by atoms with Crippen LogP contribution in [0, 0.1) is 0 Å². The number of aromatic nitrogens is 8. The summed E-state index contributed by atoms with van der Waals surface area (Å²) in [7, 11) is 0. The number of benzene rings is 1. The maximum absolute atomic E-state index is 4.89. The third kappa shape index (κ3) is 5.13. The fraction of sp³-hybridized carbons (Fsp3) is 0.536. The van der Waals surface area contributed by atoms with E-state index < -0.39 is 0 Å². The summed E-state index contributed by atoms with van der Waals surface area (Å²) < 4.78 is 4.31. The lowest BCUT2D eigenvalue weighted by molar-refractivity contribution is 0.444. The largest absolute Gasteiger partial charge is 0.313 e. The third-order valence-corrected chi connectivity index (χ3v) is 7.64. The van der Waals surface area contributed by atoms with Gasteiger partial charge < -0.3 is 4.57 Å². The van der Waals surface area contributed by atoms with Crippen LogP contribution in [0.4, 0.5) is 0 Å². The molecule has 36 heavy (non-hydrogen) atoms. The molecule has 1 N–H and O–H groups in total. The van der Waals surface area contributed by atoms with Crippen LogP contribution >= 0.6 is 0 Å². The zero-order valence-corrected chi connectivity index (χ0v) is 21.8. The molecule has 1 aromatic carbocycles. The number of tetrazole rings is 1. The number of unbranched alkanes of at least 4 members (excludes halogenated alkanes) is 1. The molecule has 0 saturated heterocycles. The lowest BCUT2D eigenvalue weighted by atomic mass is 9.84. The molecule has 1 saturated carbocycles. The van der Waals surface area contributed by atoms with E-state index in [1.54, 1.807) is 0 Å². The first kappa shape index (κ1) is 24.4. The number of nitrogens with one attached hydrogen (secondary N) is 1. The van der Waals surface area contributed by atoms with Crippen LogP contribution in [0.5, 0.6) is 0 Å². The monoisotopic (exact) mass is 486 g/mol. The molecule has 8 heteroatoms. The molecule has 5 rings (SSSR count). The summed E-state index contributed by atoms with van der Waals surface area (Å²) in [4.78, 5) is 4.89. The van der Waals surface area contributed by atoms with Crippen molar-refractivity contribution in [3.8, 4) is 17.2 Å². The Hall–Kier alpha value is -3.29. The highest BCUT2D eigenvalue weighted by atomic mass is 15.5. The molecule has 190 valence electrons. The third-order valence-electron chi connectivity index (χ3n) is 7.64. The molecule has 0 radical (unpaired) electrons. The van der Waals surface area contributed by atoms with Crippen LogP contribution in [-0.2, 0) is 13.0 Å². The number of aryl methyl sites for hydroxylation is 1. The van der Waals surface area contributed by atoms with Gasteiger partial charge in [-0.15, -0.1) is 10.2 Å². The molecule has 1 atom stereocenters. The average molecular weight is 487 g/mol. The normalized spacial score (nSPS) is 15.4. The Labute approximate surface area is 213 Å². The van der Waals surface area contributed by atoms with E-state index in [1.165, 1.54) is 43.2 Å². The van der Waals surface area contributed by atoms with Gasteiger partial charge in [0.15, 0.2) is 5.82 Å². The van der Waals surface area contributed by atoms with Gasteiger partial charge in [0.1, 0.15) is 5.82 Å². The van der Waals surface area contributed by atoms with E-state index in [9.17, 15) is 0 Å². The van der Waals surface area contributed by atoms with Gasteiger partial charge >= 0.3 is 0 Å². The van der Waals surface area contributed by atoms with Crippen molar-refractivity contribution in [2.24, 2.45) is 0 Å². The van der Waals surface area contributed by atoms with Gasteiger partial charge in [0, 0.05) is 24.2 Å². The van der Waals surface area contributed by atoms with Gasteiger partial charge in [-0.2, -0.15) is 10.3 Å². The molecule has 1 fully saturated rings. The predicted octanol–water partition coefficient (Wildman–Crippen LogP) is 6.20. The molecule has 3 aromatic heterocycles. The van der Waals surface area contributed by atoms with Crippen LogP contribution in [0.3, 0.4) is 0 Å². The maximum Gasteiger partial charge on any atom is 0.221 e. The highest BCUT2D eigenvalue weighted by Gasteiger charge is 2.24. The van der Waals surface area contributed by atoms with E-state index in [1.807, 2.05) is 0 Å². The standard InChI is InChI=1S/C28H38N8/c1-4-6-12-25-29-27(20(3)5-2)32-36(25)19-21-13-15-23(16-14-21)35-18-17-24(22-10-8-7-9-11-22)26(35)28-30-33-34-31-28/h13-18,20,22H,4-12,19H2,1-3H3,(H,30,31,33,34). The molecular formula is C28H38N8. The minimum Gasteiger partial charge on any atom is -0.313 e. The zero-order chi connectivity index (χ0) is 24.9. The van der Waals surface area contributed by atoms with E-state index in [-0.39, 0.29) is 0 Å². The number of rotatable bonds is 10. The van der Waals surface area contributed by atoms with E-state index in [0.29, 0.717) is 17.7 Å². The molecule has 0 spiro atoms. The molecular weight excluding hydrogens is 448 g/mol. The Kier molecular flexibility index (Phi) is 7.58. The van der Waals surface area contributed by atoms with E-state index >= 15 is 0 Å². The summed E-state index contributed by atoms with van der Waals surface area (Å²) in [5.74, 6) is 3.65. The van der Waals surface area contributed by atoms with Crippen molar-refractivity contribution in [2.75, 3.05) is 0 Å². The van der Waals surface area contributed by atoms with Crippen molar-refractivity contribution in [1.29, 1.82) is 0 Å². The Morgan fingerprint density at radius 2 is 1.86 bits per heavy atom. The van der Waals surface area contributed by atoms with Crippen LogP contribution in [0.25, 0.3) is 17.2 Å². The van der Waals surface area contributed by atoms with Crippen molar-refractivity contribution in [3.05, 3.63) is 59.3 Å². The molecule has 0 amide bonds. The lowest BCUT2D eigenvalue weighted by Crippen LogP contribution is -2.08. The molecule has 0 aliphatic heterocycles. The number of hydrogen-bond donors (Lipinski definition) is 1. The first-order chi connectivity index (χ1) is 17.7. The Balaban J connectivity index is 1.42. The summed E-state index contributed by atoms with van der Waals surface area (Å²) in [5.41, 5.74) is 4.71. The number of nitrogens with zero attached hydrogens (tertiary/aromatic N) is 7. The zero-order valence-electron chi connectivity index (χ0n) is 21.8. The highest BCUT2D eigenvalue weighted by molar-refractivity contribution is 5.61. The quantitative estimate of drug-likeness (QED) is 0.288. The Bertz CT molecular complexity index is 1230. The number of H-pyrrole nitrogens is 1. The van der Waals surface area contributed by atoms with Crippen LogP contribution < -0.4 is 0 Å². The van der Waals surface area contributed by atoms with Crippen LogP contribution in [0.1, 0.15) is 107 Å². The summed E-state index contributed by atoms with van der Waals surface area (Å²) in [6.07, 6.45) is 12.8. The van der Waals surface area contributed by atoms with Crippen LogP contribution in [-0.4, -0.2) is 40.0 Å². The smallest absolute Gasteiger partial charge is 0.221 e. The second-order valence-electron chi connectivity index (χ2n) is 10.2. The molecule has 3 heterocycles. The van der Waals surface area contributed by atoms with Gasteiger partial charge in [-0.1, -0.05) is 58.6 Å². The Morgan fingerprint density at radius 1 is 1.06 bits per heavy atom. The van der Waals surface area contributed by atoms with Crippen LogP contribution in [0.15, 0.2) is 36.5 Å². The summed E-state index contributed by atoms with van der Waals surface area (Å²) in [6, 6.07) is 11.0. The molecule has 1 unspecified atom stereocenters. The van der Waals surface area contributed by atoms with Gasteiger partial charge in [0.25, 0.3) is 0 Å². The van der Waals surface area contributed by atoms with Gasteiger partial charge in [-0.25, -0.2) is 9.67 Å². The topological polar surface area (TPSA) is 90.1 Å². The number of hydrogen-bond acceptors (Lipinski definition) is 5. The van der Waals surface area contributed by atoms with Crippen molar-refractivity contribution in [2.45, 2.75) is 96.9 Å². The van der Waals surface area contributed by atoms with Crippen molar-refractivity contribution < 1.29 is 0 Å². The fourth-order valence-electron chi connectivity index (χ4n) is 5.27. The predicted molar refractivity (Wildman–Crippen MR) is 141 cm³/mol. The average Bonchev–Trinajstić information content (AvgIpc) is 3.68.